The van der Waals surface area contributed by atoms with Gasteiger partial charge in [-0.25, -0.2) is 0 Å². The minimum Gasteiger partial charge on any atom is -0.453 e. The van der Waals surface area contributed by atoms with E-state index in [0.717, 1.165) is 45.5 Å². The Hall–Kier alpha value is -6.84. The van der Waals surface area contributed by atoms with Crippen LogP contribution in [0.15, 0.2) is 194 Å². The number of para-hydroxylation sites is 3. The van der Waals surface area contributed by atoms with Gasteiger partial charge in [0.15, 0.2) is 11.5 Å². The van der Waals surface area contributed by atoms with Gasteiger partial charge in [0.05, 0.1) is 17.1 Å². The summed E-state index contributed by atoms with van der Waals surface area (Å²) in [5.74, 6) is 1.75. The second kappa shape index (κ2) is 12.7. The van der Waals surface area contributed by atoms with Crippen LogP contribution in [0.5, 0.6) is 11.5 Å². The maximum Gasteiger partial charge on any atom is 0.151 e. The van der Waals surface area contributed by atoms with Gasteiger partial charge in [-0.3, -0.25) is 0 Å². The van der Waals surface area contributed by atoms with Crippen molar-refractivity contribution in [3.05, 3.63) is 205 Å². The molecule has 10 rings (SSSR count). The van der Waals surface area contributed by atoms with E-state index in [9.17, 15) is 0 Å². The normalized spacial score (nSPS) is 13.3. The Morgan fingerprint density at radius 3 is 1.61 bits per heavy atom. The van der Waals surface area contributed by atoms with Gasteiger partial charge >= 0.3 is 0 Å². The van der Waals surface area contributed by atoms with Crippen molar-refractivity contribution in [1.82, 2.24) is 0 Å². The topological polar surface area (TPSA) is 15.7 Å². The summed E-state index contributed by atoms with van der Waals surface area (Å²) in [5, 5.41) is 0. The Kier molecular flexibility index (Phi) is 7.48. The lowest BCUT2D eigenvalue weighted by molar-refractivity contribution is 0.471. The summed E-state index contributed by atoms with van der Waals surface area (Å²) in [4.78, 5) is 4.77. The Balaban J connectivity index is 1.13. The van der Waals surface area contributed by atoms with E-state index in [-0.39, 0.29) is 5.41 Å². The quantitative estimate of drug-likeness (QED) is 0.172. The van der Waals surface area contributed by atoms with Crippen molar-refractivity contribution in [2.24, 2.45) is 0 Å². The third kappa shape index (κ3) is 5.20. The minimum absolute atomic E-state index is 0.292. The Morgan fingerprint density at radius 2 is 0.963 bits per heavy atom. The molecule has 3 heteroatoms. The highest BCUT2D eigenvalue weighted by atomic mass is 16.5. The number of benzene rings is 8. The van der Waals surface area contributed by atoms with Crippen LogP contribution in [0, 0.1) is 0 Å². The highest BCUT2D eigenvalue weighted by molar-refractivity contribution is 5.97. The third-order valence-electron chi connectivity index (χ3n) is 11.0. The molecule has 0 aliphatic carbocycles. The van der Waals surface area contributed by atoms with Gasteiger partial charge in [-0.05, 0) is 105 Å². The molecule has 0 atom stereocenters. The third-order valence-corrected chi connectivity index (χ3v) is 11.0. The molecule has 2 heterocycles. The van der Waals surface area contributed by atoms with Gasteiger partial charge in [-0.1, -0.05) is 147 Å². The van der Waals surface area contributed by atoms with Gasteiger partial charge in [0.2, 0.25) is 0 Å². The number of fused-ring (bicyclic) bond motifs is 4. The molecule has 0 spiro atoms. The van der Waals surface area contributed by atoms with Gasteiger partial charge in [0.1, 0.15) is 0 Å². The fourth-order valence-electron chi connectivity index (χ4n) is 8.43. The molecule has 2 aliphatic heterocycles. The first-order valence-corrected chi connectivity index (χ1v) is 18.6. The molecule has 0 amide bonds. The first kappa shape index (κ1) is 31.9. The second-order valence-corrected chi connectivity index (χ2v) is 14.6. The van der Waals surface area contributed by atoms with E-state index in [1.165, 1.54) is 44.6 Å². The van der Waals surface area contributed by atoms with E-state index >= 15 is 0 Å². The average molecular weight is 695 g/mol. The SMILES string of the molecule is CC1(C)c2ccccc2N2c3ccccc3Oc3ccc(-c4cccc(N(c5ccc(-c6ccccc6)cc5)c5ccc(-c6ccccc6)cc5)c4)c1c32. The van der Waals surface area contributed by atoms with Crippen LogP contribution in [0.1, 0.15) is 25.0 Å². The second-order valence-electron chi connectivity index (χ2n) is 14.6. The molecular weight excluding hydrogens is 657 g/mol. The number of rotatable bonds is 6. The number of hydrogen-bond donors (Lipinski definition) is 0. The molecule has 54 heavy (non-hydrogen) atoms. The fourth-order valence-corrected chi connectivity index (χ4v) is 8.43. The lowest BCUT2D eigenvalue weighted by atomic mass is 9.70. The van der Waals surface area contributed by atoms with Crippen molar-refractivity contribution in [2.75, 3.05) is 9.80 Å². The summed E-state index contributed by atoms with van der Waals surface area (Å²) in [6.07, 6.45) is 0. The molecule has 8 aromatic carbocycles. The number of nitrogens with zero attached hydrogens (tertiary/aromatic N) is 2. The van der Waals surface area contributed by atoms with E-state index in [1.54, 1.807) is 0 Å². The van der Waals surface area contributed by atoms with E-state index in [0.29, 0.717) is 0 Å². The molecule has 8 aromatic rings. The predicted octanol–water partition coefficient (Wildman–Crippen LogP) is 14.4. The maximum atomic E-state index is 6.63. The number of ether oxygens (including phenoxy) is 1. The molecule has 0 unspecified atom stereocenters. The fraction of sp³-hybridized carbons (Fsp3) is 0.0588. The Labute approximate surface area is 317 Å². The predicted molar refractivity (Wildman–Crippen MR) is 224 cm³/mol. The van der Waals surface area contributed by atoms with Crippen molar-refractivity contribution in [1.29, 1.82) is 0 Å². The minimum atomic E-state index is -0.292. The van der Waals surface area contributed by atoms with E-state index < -0.39 is 0 Å². The lowest BCUT2D eigenvalue weighted by Gasteiger charge is -2.45. The van der Waals surface area contributed by atoms with Crippen molar-refractivity contribution in [3.8, 4) is 44.9 Å². The molecule has 0 N–H and O–H groups in total. The summed E-state index contributed by atoms with van der Waals surface area (Å²) in [5.41, 5.74) is 16.1. The van der Waals surface area contributed by atoms with Crippen molar-refractivity contribution < 1.29 is 4.74 Å². The standard InChI is InChI=1S/C51H38N2O/c1-51(2)44-20-9-10-21-45(44)53-46-22-11-12-23-47(46)54-48-33-32-43(49(51)50(48)53)39-18-13-19-42(34-39)52(40-28-24-37(25-29-40)35-14-5-3-6-15-35)41-30-26-38(27-31-41)36-16-7-4-8-17-36/h3-34H,1-2H3. The Morgan fingerprint density at radius 1 is 0.426 bits per heavy atom. The van der Waals surface area contributed by atoms with Crippen LogP contribution in [0.4, 0.5) is 34.1 Å². The molecule has 0 radical (unpaired) electrons. The van der Waals surface area contributed by atoms with Crippen molar-refractivity contribution in [2.45, 2.75) is 19.3 Å². The molecule has 0 bridgehead atoms. The van der Waals surface area contributed by atoms with E-state index in [1.807, 2.05) is 6.07 Å². The highest BCUT2D eigenvalue weighted by Gasteiger charge is 2.43. The molecule has 0 fully saturated rings. The number of anilines is 6. The molecule has 3 nitrogen and oxygen atoms in total. The van der Waals surface area contributed by atoms with Crippen LogP contribution in [-0.4, -0.2) is 0 Å². The zero-order valence-corrected chi connectivity index (χ0v) is 30.3. The van der Waals surface area contributed by atoms with Crippen molar-refractivity contribution in [3.63, 3.8) is 0 Å². The van der Waals surface area contributed by atoms with Gasteiger partial charge in [0.25, 0.3) is 0 Å². The summed E-state index contributed by atoms with van der Waals surface area (Å²) >= 11 is 0. The molecule has 2 aliphatic rings. The molecule has 0 saturated carbocycles. The summed E-state index contributed by atoms with van der Waals surface area (Å²) in [6, 6.07) is 69.5. The molecule has 0 saturated heterocycles. The maximum absolute atomic E-state index is 6.63. The number of hydrogen-bond acceptors (Lipinski definition) is 3. The lowest BCUT2D eigenvalue weighted by Crippen LogP contribution is -2.33. The van der Waals surface area contributed by atoms with E-state index in [4.69, 9.17) is 4.74 Å². The average Bonchev–Trinajstić information content (AvgIpc) is 3.23. The van der Waals surface area contributed by atoms with Crippen LogP contribution in [0.2, 0.25) is 0 Å². The monoisotopic (exact) mass is 694 g/mol. The zero-order valence-electron chi connectivity index (χ0n) is 30.3. The highest BCUT2D eigenvalue weighted by Crippen LogP contribution is 2.61. The molecule has 0 aromatic heterocycles. The van der Waals surface area contributed by atoms with Gasteiger partial charge in [-0.2, -0.15) is 0 Å². The first-order chi connectivity index (χ1) is 26.5. The molecule has 258 valence electrons. The van der Waals surface area contributed by atoms with Crippen LogP contribution >= 0.6 is 0 Å². The summed E-state index contributed by atoms with van der Waals surface area (Å²) < 4.78 is 6.63. The van der Waals surface area contributed by atoms with Crippen molar-refractivity contribution >= 4 is 34.1 Å². The van der Waals surface area contributed by atoms with Crippen LogP contribution < -0.4 is 14.5 Å². The summed E-state index contributed by atoms with van der Waals surface area (Å²) in [7, 11) is 0. The van der Waals surface area contributed by atoms with Crippen LogP contribution in [-0.2, 0) is 5.41 Å². The smallest absolute Gasteiger partial charge is 0.151 e. The van der Waals surface area contributed by atoms with E-state index in [2.05, 4.69) is 212 Å². The van der Waals surface area contributed by atoms with Crippen LogP contribution in [0.25, 0.3) is 33.4 Å². The van der Waals surface area contributed by atoms with Gasteiger partial charge in [0, 0.05) is 22.5 Å². The van der Waals surface area contributed by atoms with Gasteiger partial charge in [-0.15, -0.1) is 0 Å². The van der Waals surface area contributed by atoms with Crippen LogP contribution in [0.3, 0.4) is 0 Å². The summed E-state index contributed by atoms with van der Waals surface area (Å²) in [6.45, 7) is 4.70. The zero-order chi connectivity index (χ0) is 36.2. The first-order valence-electron chi connectivity index (χ1n) is 18.6. The Bertz CT molecular complexity index is 2560. The van der Waals surface area contributed by atoms with Gasteiger partial charge < -0.3 is 14.5 Å². The largest absolute Gasteiger partial charge is 0.453 e. The molecular formula is C51H38N2O.